The summed E-state index contributed by atoms with van der Waals surface area (Å²) in [6.45, 7) is 3.31. The number of aryl methyl sites for hydroxylation is 2. The highest BCUT2D eigenvalue weighted by Crippen LogP contribution is 2.19. The van der Waals surface area contributed by atoms with Gasteiger partial charge >= 0.3 is 0 Å². The number of carbonyl (C=O) groups is 1. The fourth-order valence-electron chi connectivity index (χ4n) is 2.66. The molecule has 2 aromatic rings. The van der Waals surface area contributed by atoms with Crippen LogP contribution in [0.2, 0.25) is 0 Å². The molecule has 1 aliphatic heterocycles. The standard InChI is InChI=1S/C16H21N5O3S2/c1-13-3-5-14(6-4-13)26(23,24)21-9-7-20(8-10-21)15(22)11-25-16-18-17-12-19(16)2/h3-6,12H,7-11H2,1-2H3. The number of rotatable bonds is 5. The monoisotopic (exact) mass is 395 g/mol. The minimum atomic E-state index is -3.51. The fourth-order valence-corrected chi connectivity index (χ4v) is 4.87. The quantitative estimate of drug-likeness (QED) is 0.694. The average molecular weight is 396 g/mol. The Morgan fingerprint density at radius 3 is 2.38 bits per heavy atom. The van der Waals surface area contributed by atoms with E-state index in [2.05, 4.69) is 10.2 Å². The van der Waals surface area contributed by atoms with Crippen LogP contribution in [0.4, 0.5) is 0 Å². The zero-order chi connectivity index (χ0) is 18.7. The van der Waals surface area contributed by atoms with Gasteiger partial charge in [0, 0.05) is 33.2 Å². The van der Waals surface area contributed by atoms with Crippen molar-refractivity contribution in [2.24, 2.45) is 7.05 Å². The molecular formula is C16H21N5O3S2. The van der Waals surface area contributed by atoms with Crippen LogP contribution < -0.4 is 0 Å². The van der Waals surface area contributed by atoms with E-state index in [0.29, 0.717) is 36.2 Å². The third-order valence-electron chi connectivity index (χ3n) is 4.24. The van der Waals surface area contributed by atoms with E-state index < -0.39 is 10.0 Å². The van der Waals surface area contributed by atoms with E-state index in [1.807, 2.05) is 14.0 Å². The summed E-state index contributed by atoms with van der Waals surface area (Å²) in [7, 11) is -1.69. The van der Waals surface area contributed by atoms with Crippen molar-refractivity contribution in [3.05, 3.63) is 36.2 Å². The third kappa shape index (κ3) is 4.08. The minimum Gasteiger partial charge on any atom is -0.339 e. The second kappa shape index (κ2) is 7.77. The van der Waals surface area contributed by atoms with Crippen LogP contribution >= 0.6 is 11.8 Å². The molecule has 1 aromatic heterocycles. The first-order valence-electron chi connectivity index (χ1n) is 8.19. The smallest absolute Gasteiger partial charge is 0.243 e. The van der Waals surface area contributed by atoms with E-state index in [9.17, 15) is 13.2 Å². The number of hydrogen-bond acceptors (Lipinski definition) is 6. The van der Waals surface area contributed by atoms with Gasteiger partial charge in [-0.25, -0.2) is 8.42 Å². The van der Waals surface area contributed by atoms with Crippen LogP contribution in [0.5, 0.6) is 0 Å². The lowest BCUT2D eigenvalue weighted by Gasteiger charge is -2.34. The second-order valence-corrected chi connectivity index (χ2v) is 8.99. The molecule has 1 saturated heterocycles. The van der Waals surface area contributed by atoms with Gasteiger partial charge in [-0.3, -0.25) is 4.79 Å². The van der Waals surface area contributed by atoms with Gasteiger partial charge in [-0.1, -0.05) is 29.5 Å². The fraction of sp³-hybridized carbons (Fsp3) is 0.438. The van der Waals surface area contributed by atoms with Crippen LogP contribution in [0.1, 0.15) is 5.56 Å². The molecule has 1 aromatic carbocycles. The zero-order valence-corrected chi connectivity index (χ0v) is 16.3. The van der Waals surface area contributed by atoms with Crippen LogP contribution in [0.25, 0.3) is 0 Å². The number of aromatic nitrogens is 3. The zero-order valence-electron chi connectivity index (χ0n) is 14.7. The van der Waals surface area contributed by atoms with Gasteiger partial charge in [0.15, 0.2) is 5.16 Å². The van der Waals surface area contributed by atoms with Crippen LogP contribution in [0.3, 0.4) is 0 Å². The molecule has 140 valence electrons. The molecule has 0 saturated carbocycles. The number of hydrogen-bond donors (Lipinski definition) is 0. The summed E-state index contributed by atoms with van der Waals surface area (Å²) >= 11 is 1.33. The molecule has 0 unspecified atom stereocenters. The van der Waals surface area contributed by atoms with Gasteiger partial charge in [-0.2, -0.15) is 4.31 Å². The molecular weight excluding hydrogens is 374 g/mol. The number of benzene rings is 1. The van der Waals surface area contributed by atoms with Crippen LogP contribution in [-0.2, 0) is 21.9 Å². The molecule has 1 aliphatic rings. The highest BCUT2D eigenvalue weighted by Gasteiger charge is 2.30. The van der Waals surface area contributed by atoms with Crippen molar-refractivity contribution >= 4 is 27.7 Å². The highest BCUT2D eigenvalue weighted by atomic mass is 32.2. The van der Waals surface area contributed by atoms with E-state index in [0.717, 1.165) is 5.56 Å². The van der Waals surface area contributed by atoms with Crippen LogP contribution in [-0.4, -0.2) is 70.2 Å². The molecule has 2 heterocycles. The summed E-state index contributed by atoms with van der Waals surface area (Å²) in [5, 5.41) is 8.39. The maximum absolute atomic E-state index is 12.7. The first-order chi connectivity index (χ1) is 12.4. The number of sulfonamides is 1. The van der Waals surface area contributed by atoms with Gasteiger partial charge < -0.3 is 9.47 Å². The van der Waals surface area contributed by atoms with Gasteiger partial charge in [0.2, 0.25) is 15.9 Å². The summed E-state index contributed by atoms with van der Waals surface area (Å²) in [5.74, 6) is 0.238. The minimum absolute atomic E-state index is 0.0228. The number of carbonyl (C=O) groups excluding carboxylic acids is 1. The summed E-state index contributed by atoms with van der Waals surface area (Å²) in [5.41, 5.74) is 1.01. The third-order valence-corrected chi connectivity index (χ3v) is 7.18. The number of nitrogens with zero attached hydrogens (tertiary/aromatic N) is 5. The SMILES string of the molecule is Cc1ccc(S(=O)(=O)N2CCN(C(=O)CSc3nncn3C)CC2)cc1. The Morgan fingerprint density at radius 1 is 1.15 bits per heavy atom. The maximum Gasteiger partial charge on any atom is 0.243 e. The molecule has 0 atom stereocenters. The Morgan fingerprint density at radius 2 is 1.81 bits per heavy atom. The van der Waals surface area contributed by atoms with E-state index in [-0.39, 0.29) is 11.7 Å². The normalized spacial score (nSPS) is 16.0. The molecule has 0 spiro atoms. The molecule has 0 radical (unpaired) electrons. The molecule has 8 nitrogen and oxygen atoms in total. The summed E-state index contributed by atoms with van der Waals surface area (Å²) < 4.78 is 28.6. The largest absolute Gasteiger partial charge is 0.339 e. The van der Waals surface area contributed by atoms with E-state index in [4.69, 9.17) is 0 Å². The van der Waals surface area contributed by atoms with Gasteiger partial charge in [0.1, 0.15) is 6.33 Å². The Balaban J connectivity index is 1.55. The topological polar surface area (TPSA) is 88.4 Å². The number of piperazine rings is 1. The Bertz CT molecular complexity index is 872. The predicted molar refractivity (Wildman–Crippen MR) is 98.2 cm³/mol. The Labute approximate surface area is 157 Å². The maximum atomic E-state index is 12.7. The van der Waals surface area contributed by atoms with Crippen LogP contribution in [0.15, 0.2) is 40.6 Å². The lowest BCUT2D eigenvalue weighted by atomic mass is 10.2. The van der Waals surface area contributed by atoms with Gasteiger partial charge in [-0.05, 0) is 19.1 Å². The number of thioether (sulfide) groups is 1. The molecule has 1 fully saturated rings. The molecule has 10 heteroatoms. The first kappa shape index (κ1) is 18.9. The van der Waals surface area contributed by atoms with Gasteiger partial charge in [-0.15, -0.1) is 10.2 Å². The molecule has 0 aliphatic carbocycles. The first-order valence-corrected chi connectivity index (χ1v) is 10.6. The average Bonchev–Trinajstić information content (AvgIpc) is 3.05. The van der Waals surface area contributed by atoms with E-state index >= 15 is 0 Å². The molecule has 26 heavy (non-hydrogen) atoms. The van der Waals surface area contributed by atoms with Crippen molar-refractivity contribution < 1.29 is 13.2 Å². The van der Waals surface area contributed by atoms with Crippen molar-refractivity contribution in [2.75, 3.05) is 31.9 Å². The predicted octanol–water partition coefficient (Wildman–Crippen LogP) is 0.749. The molecule has 3 rings (SSSR count). The summed E-state index contributed by atoms with van der Waals surface area (Å²) in [6.07, 6.45) is 1.58. The lowest BCUT2D eigenvalue weighted by Crippen LogP contribution is -2.50. The molecule has 0 bridgehead atoms. The Hall–Kier alpha value is -1.91. The summed E-state index contributed by atoms with van der Waals surface area (Å²) in [6, 6.07) is 6.83. The van der Waals surface area contributed by atoms with Crippen molar-refractivity contribution in [1.29, 1.82) is 0 Å². The van der Waals surface area contributed by atoms with Gasteiger partial charge in [0.05, 0.1) is 10.6 Å². The van der Waals surface area contributed by atoms with E-state index in [1.54, 1.807) is 40.1 Å². The highest BCUT2D eigenvalue weighted by molar-refractivity contribution is 7.99. The van der Waals surface area contributed by atoms with E-state index in [1.165, 1.54) is 16.1 Å². The lowest BCUT2D eigenvalue weighted by molar-refractivity contribution is -0.129. The Kier molecular flexibility index (Phi) is 5.64. The van der Waals surface area contributed by atoms with Crippen LogP contribution in [0, 0.1) is 6.92 Å². The molecule has 1 amide bonds. The summed E-state index contributed by atoms with van der Waals surface area (Å²) in [4.78, 5) is 14.3. The number of amides is 1. The van der Waals surface area contributed by atoms with Crippen molar-refractivity contribution in [1.82, 2.24) is 24.0 Å². The van der Waals surface area contributed by atoms with Gasteiger partial charge in [0.25, 0.3) is 0 Å². The van der Waals surface area contributed by atoms with Crippen molar-refractivity contribution in [2.45, 2.75) is 17.0 Å². The molecule has 0 N–H and O–H groups in total. The van der Waals surface area contributed by atoms with Crippen molar-refractivity contribution in [3.8, 4) is 0 Å². The van der Waals surface area contributed by atoms with Crippen molar-refractivity contribution in [3.63, 3.8) is 0 Å². The second-order valence-electron chi connectivity index (χ2n) is 6.11.